The van der Waals surface area contributed by atoms with Gasteiger partial charge >= 0.3 is 0 Å². The van der Waals surface area contributed by atoms with Crippen molar-refractivity contribution in [2.75, 3.05) is 11.1 Å². The highest BCUT2D eigenvalue weighted by molar-refractivity contribution is 5.76. The molecule has 1 aromatic carbocycles. The third-order valence-electron chi connectivity index (χ3n) is 4.85. The highest BCUT2D eigenvalue weighted by Gasteiger charge is 2.27. The number of nitriles is 1. The number of hydrogen-bond acceptors (Lipinski definition) is 6. The summed E-state index contributed by atoms with van der Waals surface area (Å²) >= 11 is 0. The molecule has 1 atom stereocenters. The highest BCUT2D eigenvalue weighted by Crippen LogP contribution is 2.37. The lowest BCUT2D eigenvalue weighted by molar-refractivity contribution is 0.311. The van der Waals surface area contributed by atoms with Crippen molar-refractivity contribution in [2.45, 2.75) is 38.3 Å². The number of aromatic nitrogens is 4. The Morgan fingerprint density at radius 1 is 1.38 bits per heavy atom. The molecular weight excluding hydrogens is 333 g/mol. The normalized spacial score (nSPS) is 15.4. The van der Waals surface area contributed by atoms with E-state index in [1.54, 1.807) is 6.07 Å². The molecule has 7 nitrogen and oxygen atoms in total. The average Bonchev–Trinajstić information content (AvgIpc) is 2.92. The lowest BCUT2D eigenvalue weighted by Gasteiger charge is -2.30. The van der Waals surface area contributed by atoms with Crippen LogP contribution in [0.25, 0.3) is 11.0 Å². The second-order valence-corrected chi connectivity index (χ2v) is 6.52. The Bertz CT molecular complexity index is 1020. The Balaban J connectivity index is 1.77. The minimum absolute atomic E-state index is 0.131. The molecule has 3 aromatic rings. The third kappa shape index (κ3) is 2.62. The van der Waals surface area contributed by atoms with Crippen LogP contribution >= 0.6 is 0 Å². The zero-order valence-corrected chi connectivity index (χ0v) is 14.3. The van der Waals surface area contributed by atoms with E-state index in [4.69, 9.17) is 10.7 Å². The quantitative estimate of drug-likeness (QED) is 0.747. The van der Waals surface area contributed by atoms with Gasteiger partial charge in [-0.05, 0) is 44.4 Å². The van der Waals surface area contributed by atoms with Crippen LogP contribution in [0.15, 0.2) is 24.5 Å². The molecule has 3 N–H and O–H groups in total. The molecule has 0 amide bonds. The van der Waals surface area contributed by atoms with Crippen LogP contribution in [0.3, 0.4) is 0 Å². The van der Waals surface area contributed by atoms with Crippen molar-refractivity contribution in [3.63, 3.8) is 0 Å². The van der Waals surface area contributed by atoms with E-state index in [0.717, 1.165) is 36.1 Å². The summed E-state index contributed by atoms with van der Waals surface area (Å²) in [6, 6.07) is 6.73. The number of anilines is 2. The van der Waals surface area contributed by atoms with Gasteiger partial charge in [0.2, 0.25) is 0 Å². The molecule has 132 valence electrons. The minimum atomic E-state index is -0.277. The number of nitrogens with zero attached hydrogens (tertiary/aromatic N) is 5. The molecule has 0 spiro atoms. The number of imidazole rings is 1. The van der Waals surface area contributed by atoms with Crippen LogP contribution in [-0.4, -0.2) is 19.5 Å². The topological polar surface area (TPSA) is 105 Å². The predicted molar refractivity (Wildman–Crippen MR) is 95.8 cm³/mol. The van der Waals surface area contributed by atoms with Crippen molar-refractivity contribution < 1.29 is 4.39 Å². The van der Waals surface area contributed by atoms with Crippen LogP contribution in [-0.2, 0) is 0 Å². The molecule has 1 fully saturated rings. The van der Waals surface area contributed by atoms with E-state index in [-0.39, 0.29) is 23.2 Å². The van der Waals surface area contributed by atoms with Crippen LogP contribution in [0, 0.1) is 17.1 Å². The summed E-state index contributed by atoms with van der Waals surface area (Å²) < 4.78 is 15.9. The third-order valence-corrected chi connectivity index (χ3v) is 4.85. The van der Waals surface area contributed by atoms with Crippen molar-refractivity contribution in [3.05, 3.63) is 41.7 Å². The van der Waals surface area contributed by atoms with Gasteiger partial charge in [0.05, 0.1) is 17.1 Å². The van der Waals surface area contributed by atoms with Gasteiger partial charge in [0.15, 0.2) is 0 Å². The number of rotatable bonds is 4. The molecule has 0 bridgehead atoms. The van der Waals surface area contributed by atoms with Crippen molar-refractivity contribution in [1.82, 2.24) is 19.5 Å². The number of fused-ring (bicyclic) bond motifs is 1. The van der Waals surface area contributed by atoms with Gasteiger partial charge in [-0.3, -0.25) is 0 Å². The van der Waals surface area contributed by atoms with Gasteiger partial charge < -0.3 is 15.6 Å². The second-order valence-electron chi connectivity index (χ2n) is 6.52. The average molecular weight is 351 g/mol. The molecule has 4 rings (SSSR count). The number of nitrogen functional groups attached to an aromatic ring is 1. The van der Waals surface area contributed by atoms with E-state index in [1.807, 2.05) is 13.0 Å². The summed E-state index contributed by atoms with van der Waals surface area (Å²) in [5, 5.41) is 12.5. The zero-order chi connectivity index (χ0) is 18.3. The summed E-state index contributed by atoms with van der Waals surface area (Å²) in [6.07, 6.45) is 4.56. The van der Waals surface area contributed by atoms with E-state index >= 15 is 0 Å². The first kappa shape index (κ1) is 16.3. The van der Waals surface area contributed by atoms with E-state index in [0.29, 0.717) is 11.9 Å². The zero-order valence-electron chi connectivity index (χ0n) is 14.3. The Morgan fingerprint density at radius 2 is 2.19 bits per heavy atom. The summed E-state index contributed by atoms with van der Waals surface area (Å²) in [7, 11) is 0. The maximum absolute atomic E-state index is 13.8. The molecule has 1 saturated carbocycles. The van der Waals surface area contributed by atoms with Crippen LogP contribution in [0.4, 0.5) is 16.0 Å². The molecule has 1 aliphatic rings. The lowest BCUT2D eigenvalue weighted by Crippen LogP contribution is -2.23. The van der Waals surface area contributed by atoms with E-state index in [9.17, 15) is 9.65 Å². The highest BCUT2D eigenvalue weighted by atomic mass is 19.1. The first-order valence-electron chi connectivity index (χ1n) is 8.53. The largest absolute Gasteiger partial charge is 0.382 e. The molecule has 8 heteroatoms. The van der Waals surface area contributed by atoms with Crippen LogP contribution in [0.2, 0.25) is 0 Å². The summed E-state index contributed by atoms with van der Waals surface area (Å²) in [4.78, 5) is 12.7. The van der Waals surface area contributed by atoms with Gasteiger partial charge in [-0.2, -0.15) is 5.26 Å². The second kappa shape index (κ2) is 6.26. The lowest BCUT2D eigenvalue weighted by atomic mass is 9.92. The van der Waals surface area contributed by atoms with Gasteiger partial charge in [0.25, 0.3) is 0 Å². The SMILES string of the molecule is C[C@H](Nc1ncnc(N)c1C#N)c1nc2ccc(F)cc2n1C1CCC1. The Morgan fingerprint density at radius 3 is 2.88 bits per heavy atom. The summed E-state index contributed by atoms with van der Waals surface area (Å²) in [5.41, 5.74) is 7.51. The molecule has 1 aliphatic carbocycles. The van der Waals surface area contributed by atoms with Crippen LogP contribution in [0.5, 0.6) is 0 Å². The van der Waals surface area contributed by atoms with E-state index < -0.39 is 0 Å². The van der Waals surface area contributed by atoms with E-state index in [1.165, 1.54) is 18.5 Å². The smallest absolute Gasteiger partial charge is 0.150 e. The van der Waals surface area contributed by atoms with Crippen LogP contribution in [0.1, 0.15) is 49.7 Å². The monoisotopic (exact) mass is 351 g/mol. The number of hydrogen-bond donors (Lipinski definition) is 2. The molecule has 26 heavy (non-hydrogen) atoms. The van der Waals surface area contributed by atoms with Crippen molar-refractivity contribution in [1.29, 1.82) is 5.26 Å². The first-order valence-corrected chi connectivity index (χ1v) is 8.53. The standard InChI is InChI=1S/C18H18FN7/c1-10(24-17-13(8-20)16(21)22-9-23-17)18-25-14-6-5-11(19)7-15(14)26(18)12-3-2-4-12/h5-7,9-10,12H,2-4H2,1H3,(H3,21,22,23,24)/t10-/m0/s1. The van der Waals surface area contributed by atoms with Gasteiger partial charge in [-0.25, -0.2) is 19.3 Å². The number of benzene rings is 1. The molecule has 0 aliphatic heterocycles. The minimum Gasteiger partial charge on any atom is -0.382 e. The van der Waals surface area contributed by atoms with Gasteiger partial charge in [0.1, 0.15) is 41.2 Å². The maximum Gasteiger partial charge on any atom is 0.150 e. The molecule has 0 saturated heterocycles. The number of nitrogens with two attached hydrogens (primary N) is 1. The number of halogens is 1. The molecular formula is C18H18FN7. The molecule has 0 unspecified atom stereocenters. The van der Waals surface area contributed by atoms with Gasteiger partial charge in [-0.1, -0.05) is 0 Å². The van der Waals surface area contributed by atoms with Gasteiger partial charge in [-0.15, -0.1) is 0 Å². The van der Waals surface area contributed by atoms with E-state index in [2.05, 4.69) is 19.9 Å². The Hall–Kier alpha value is -3.21. The molecule has 0 radical (unpaired) electrons. The van der Waals surface area contributed by atoms with Crippen molar-refractivity contribution in [3.8, 4) is 6.07 Å². The van der Waals surface area contributed by atoms with Crippen molar-refractivity contribution >= 4 is 22.7 Å². The fourth-order valence-electron chi connectivity index (χ4n) is 3.31. The van der Waals surface area contributed by atoms with Gasteiger partial charge in [0, 0.05) is 6.04 Å². The predicted octanol–water partition coefficient (Wildman–Crippen LogP) is 3.32. The summed E-state index contributed by atoms with van der Waals surface area (Å²) in [6.45, 7) is 1.94. The molecule has 2 heterocycles. The Kier molecular flexibility index (Phi) is 3.92. The summed E-state index contributed by atoms with van der Waals surface area (Å²) in [5.74, 6) is 1.01. The first-order chi connectivity index (χ1) is 12.6. The number of nitrogens with one attached hydrogen (secondary N) is 1. The maximum atomic E-state index is 13.8. The van der Waals surface area contributed by atoms with Crippen LogP contribution < -0.4 is 11.1 Å². The Labute approximate surface area is 149 Å². The fraction of sp³-hybridized carbons (Fsp3) is 0.333. The van der Waals surface area contributed by atoms with Crippen molar-refractivity contribution in [2.24, 2.45) is 0 Å². The molecule has 2 aromatic heterocycles. The fourth-order valence-corrected chi connectivity index (χ4v) is 3.31.